The van der Waals surface area contributed by atoms with Gasteiger partial charge in [-0.2, -0.15) is 5.10 Å². The highest BCUT2D eigenvalue weighted by Crippen LogP contribution is 2.30. The van der Waals surface area contributed by atoms with Crippen LogP contribution >= 0.6 is 23.6 Å². The molecule has 0 spiro atoms. The summed E-state index contributed by atoms with van der Waals surface area (Å²) in [7, 11) is 0. The van der Waals surface area contributed by atoms with Crippen molar-refractivity contribution in [2.75, 3.05) is 6.54 Å². The number of aromatic amines is 1. The Bertz CT molecular complexity index is 1030. The maximum atomic E-state index is 12.6. The number of nitrogens with zero attached hydrogens (tertiary/aromatic N) is 3. The molecular weight excluding hydrogens is 378 g/mol. The minimum absolute atomic E-state index is 0.0989. The molecule has 0 aliphatic carbocycles. The van der Waals surface area contributed by atoms with Gasteiger partial charge in [0, 0.05) is 25.1 Å². The summed E-state index contributed by atoms with van der Waals surface area (Å²) in [6.07, 6.45) is 0.620. The van der Waals surface area contributed by atoms with Crippen molar-refractivity contribution in [3.63, 3.8) is 0 Å². The van der Waals surface area contributed by atoms with Crippen LogP contribution in [0, 0.1) is 25.5 Å². The van der Waals surface area contributed by atoms with E-state index in [2.05, 4.69) is 52.5 Å². The number of carbonyl (C=O) groups is 1. The van der Waals surface area contributed by atoms with E-state index >= 15 is 0 Å². The largest absolute Gasteiger partial charge is 0.351 e. The molecule has 142 valence electrons. The van der Waals surface area contributed by atoms with E-state index < -0.39 is 0 Å². The van der Waals surface area contributed by atoms with Crippen LogP contribution in [0.3, 0.4) is 0 Å². The summed E-state index contributed by atoms with van der Waals surface area (Å²) in [5.41, 5.74) is 4.21. The highest BCUT2D eigenvalue weighted by Gasteiger charge is 2.17. The van der Waals surface area contributed by atoms with E-state index in [1.54, 1.807) is 0 Å². The molecular formula is C19H23N5OS2. The molecule has 0 aliphatic rings. The van der Waals surface area contributed by atoms with Gasteiger partial charge < -0.3 is 9.88 Å². The van der Waals surface area contributed by atoms with Crippen LogP contribution in [0.25, 0.3) is 10.6 Å². The molecule has 2 heterocycles. The monoisotopic (exact) mass is 401 g/mol. The van der Waals surface area contributed by atoms with Gasteiger partial charge in [0.15, 0.2) is 4.77 Å². The van der Waals surface area contributed by atoms with E-state index in [-0.39, 0.29) is 5.91 Å². The van der Waals surface area contributed by atoms with Crippen molar-refractivity contribution < 1.29 is 4.79 Å². The zero-order valence-electron chi connectivity index (χ0n) is 15.9. The molecule has 0 bridgehead atoms. The second-order valence-electron chi connectivity index (χ2n) is 6.45. The number of aromatic nitrogens is 4. The van der Waals surface area contributed by atoms with Gasteiger partial charge in [0.25, 0.3) is 5.91 Å². The van der Waals surface area contributed by atoms with Gasteiger partial charge in [0.1, 0.15) is 15.7 Å². The van der Waals surface area contributed by atoms with Crippen LogP contribution in [0.1, 0.15) is 39.2 Å². The van der Waals surface area contributed by atoms with Crippen molar-refractivity contribution in [3.8, 4) is 10.6 Å². The highest BCUT2D eigenvalue weighted by molar-refractivity contribution is 7.71. The predicted molar refractivity (Wildman–Crippen MR) is 111 cm³/mol. The number of H-pyrrole nitrogens is 1. The van der Waals surface area contributed by atoms with Gasteiger partial charge in [-0.3, -0.25) is 9.89 Å². The maximum Gasteiger partial charge on any atom is 0.263 e. The molecule has 1 aromatic carbocycles. The standard InChI is InChI=1S/C19H23N5OS2/c1-5-24-15(22-23-19(24)26)8-9-20-17(25)16-13(4)21-18(27-16)14-7-6-11(2)10-12(14)3/h6-7,10H,5,8-9H2,1-4H3,(H,20,25)(H,23,26). The van der Waals surface area contributed by atoms with Gasteiger partial charge in [0.2, 0.25) is 0 Å². The number of benzene rings is 1. The number of thiazole rings is 1. The average molecular weight is 402 g/mol. The first-order valence-corrected chi connectivity index (χ1v) is 10.1. The Labute approximate surface area is 167 Å². The minimum atomic E-state index is -0.0989. The molecule has 1 amide bonds. The lowest BCUT2D eigenvalue weighted by Gasteiger charge is -2.05. The average Bonchev–Trinajstić information content (AvgIpc) is 3.17. The fourth-order valence-electron chi connectivity index (χ4n) is 3.01. The van der Waals surface area contributed by atoms with Crippen molar-refractivity contribution in [2.24, 2.45) is 0 Å². The number of aryl methyl sites for hydroxylation is 3. The molecule has 0 saturated carbocycles. The summed E-state index contributed by atoms with van der Waals surface area (Å²) in [4.78, 5) is 17.9. The first-order chi connectivity index (χ1) is 12.9. The van der Waals surface area contributed by atoms with Gasteiger partial charge in [-0.15, -0.1) is 11.3 Å². The second-order valence-corrected chi connectivity index (χ2v) is 7.83. The minimum Gasteiger partial charge on any atom is -0.351 e. The zero-order chi connectivity index (χ0) is 19.6. The molecule has 27 heavy (non-hydrogen) atoms. The molecule has 0 unspecified atom stereocenters. The Kier molecular flexibility index (Phi) is 5.86. The Morgan fingerprint density at radius 1 is 1.33 bits per heavy atom. The molecule has 2 N–H and O–H groups in total. The van der Waals surface area contributed by atoms with Crippen LogP contribution in [0.2, 0.25) is 0 Å². The third kappa shape index (κ3) is 4.17. The number of nitrogens with one attached hydrogen (secondary N) is 2. The van der Waals surface area contributed by atoms with Gasteiger partial charge >= 0.3 is 0 Å². The Morgan fingerprint density at radius 3 is 2.81 bits per heavy atom. The van der Waals surface area contributed by atoms with E-state index in [0.29, 0.717) is 22.6 Å². The van der Waals surface area contributed by atoms with Gasteiger partial charge in [-0.25, -0.2) is 4.98 Å². The summed E-state index contributed by atoms with van der Waals surface area (Å²) in [6.45, 7) is 9.28. The number of hydrogen-bond acceptors (Lipinski definition) is 5. The van der Waals surface area contributed by atoms with E-state index in [1.807, 2.05) is 18.4 Å². The lowest BCUT2D eigenvalue weighted by Crippen LogP contribution is -2.26. The van der Waals surface area contributed by atoms with E-state index in [0.717, 1.165) is 34.2 Å². The smallest absolute Gasteiger partial charge is 0.263 e. The summed E-state index contributed by atoms with van der Waals surface area (Å²) in [5, 5.41) is 10.9. The third-order valence-corrected chi connectivity index (χ3v) is 5.90. The Balaban J connectivity index is 1.70. The van der Waals surface area contributed by atoms with Gasteiger partial charge in [-0.1, -0.05) is 23.8 Å². The van der Waals surface area contributed by atoms with Crippen molar-refractivity contribution >= 4 is 29.5 Å². The summed E-state index contributed by atoms with van der Waals surface area (Å²) >= 11 is 6.62. The highest BCUT2D eigenvalue weighted by atomic mass is 32.1. The zero-order valence-corrected chi connectivity index (χ0v) is 17.6. The van der Waals surface area contributed by atoms with Crippen LogP contribution in [0.15, 0.2) is 18.2 Å². The third-order valence-electron chi connectivity index (χ3n) is 4.40. The summed E-state index contributed by atoms with van der Waals surface area (Å²) < 4.78 is 2.53. The number of hydrogen-bond donors (Lipinski definition) is 2. The van der Waals surface area contributed by atoms with E-state index in [1.165, 1.54) is 16.9 Å². The molecule has 2 aromatic heterocycles. The van der Waals surface area contributed by atoms with Gasteiger partial charge in [-0.05, 0) is 45.5 Å². The first kappa shape index (κ1) is 19.4. The molecule has 3 rings (SSSR count). The summed E-state index contributed by atoms with van der Waals surface area (Å²) in [5.74, 6) is 0.748. The molecule has 3 aromatic rings. The topological polar surface area (TPSA) is 75.6 Å². The lowest BCUT2D eigenvalue weighted by molar-refractivity contribution is 0.0957. The van der Waals surface area contributed by atoms with Crippen molar-refractivity contribution in [2.45, 2.75) is 40.7 Å². The molecule has 8 heteroatoms. The molecule has 0 saturated heterocycles. The number of rotatable bonds is 6. The summed E-state index contributed by atoms with van der Waals surface area (Å²) in [6, 6.07) is 6.27. The Hall–Kier alpha value is -2.32. The number of carbonyl (C=O) groups excluding carboxylic acids is 1. The quantitative estimate of drug-likeness (QED) is 0.613. The molecule has 0 radical (unpaired) electrons. The Morgan fingerprint density at radius 2 is 2.11 bits per heavy atom. The SMILES string of the molecule is CCn1c(CCNC(=O)c2sc(-c3ccc(C)cc3C)nc2C)n[nH]c1=S. The molecule has 0 fully saturated rings. The van der Waals surface area contributed by atoms with Gasteiger partial charge in [0.05, 0.1) is 5.69 Å². The first-order valence-electron chi connectivity index (χ1n) is 8.88. The molecule has 6 nitrogen and oxygen atoms in total. The lowest BCUT2D eigenvalue weighted by atomic mass is 10.1. The second kappa shape index (κ2) is 8.14. The maximum absolute atomic E-state index is 12.6. The van der Waals surface area contributed by atoms with Crippen molar-refractivity contribution in [1.29, 1.82) is 0 Å². The van der Waals surface area contributed by atoms with Crippen molar-refractivity contribution in [1.82, 2.24) is 25.1 Å². The van der Waals surface area contributed by atoms with Crippen LogP contribution in [-0.2, 0) is 13.0 Å². The van der Waals surface area contributed by atoms with Crippen LogP contribution < -0.4 is 5.32 Å². The van der Waals surface area contributed by atoms with Crippen LogP contribution in [-0.4, -0.2) is 32.2 Å². The normalized spacial score (nSPS) is 11.0. The molecule has 0 aliphatic heterocycles. The van der Waals surface area contributed by atoms with E-state index in [4.69, 9.17) is 12.2 Å². The number of amides is 1. The molecule has 0 atom stereocenters. The van der Waals surface area contributed by atoms with E-state index in [9.17, 15) is 4.79 Å². The fraction of sp³-hybridized carbons (Fsp3) is 0.368. The predicted octanol–water partition coefficient (Wildman–Crippen LogP) is 3.98. The van der Waals surface area contributed by atoms with Crippen LogP contribution in [0.4, 0.5) is 0 Å². The van der Waals surface area contributed by atoms with Crippen LogP contribution in [0.5, 0.6) is 0 Å². The fourth-order valence-corrected chi connectivity index (χ4v) is 4.36. The van der Waals surface area contributed by atoms with Crippen molar-refractivity contribution in [3.05, 3.63) is 50.5 Å².